The Kier molecular flexibility index (Phi) is 5.18. The van der Waals surface area contributed by atoms with Gasteiger partial charge in [-0.05, 0) is 89.6 Å². The summed E-state index contributed by atoms with van der Waals surface area (Å²) in [6, 6.07) is 13.5. The number of amides is 1. The van der Waals surface area contributed by atoms with Crippen molar-refractivity contribution in [2.24, 2.45) is 0 Å². The van der Waals surface area contributed by atoms with Crippen molar-refractivity contribution in [3.05, 3.63) is 58.7 Å². The number of rotatable bonds is 3. The van der Waals surface area contributed by atoms with Crippen molar-refractivity contribution < 1.29 is 9.42 Å². The third-order valence-corrected chi connectivity index (χ3v) is 7.91. The van der Waals surface area contributed by atoms with Gasteiger partial charge in [0.05, 0.1) is 0 Å². The molecule has 0 atom stereocenters. The van der Waals surface area contributed by atoms with Gasteiger partial charge in [0.2, 0.25) is 0 Å². The van der Waals surface area contributed by atoms with Crippen LogP contribution in [0.2, 0.25) is 0 Å². The molecule has 6 nitrogen and oxygen atoms in total. The molecule has 0 radical (unpaired) electrons. The predicted molar refractivity (Wildman–Crippen MR) is 123 cm³/mol. The Labute approximate surface area is 188 Å². The molecule has 1 aliphatic carbocycles. The van der Waals surface area contributed by atoms with Gasteiger partial charge in [0.15, 0.2) is 0 Å². The zero-order valence-corrected chi connectivity index (χ0v) is 18.5. The van der Waals surface area contributed by atoms with Crippen molar-refractivity contribution >= 4 is 16.9 Å². The molecule has 6 heteroatoms. The molecule has 0 unspecified atom stereocenters. The molecule has 32 heavy (non-hydrogen) atoms. The summed E-state index contributed by atoms with van der Waals surface area (Å²) in [5.74, 6) is 0.615. The first kappa shape index (κ1) is 19.9. The van der Waals surface area contributed by atoms with E-state index in [1.165, 1.54) is 50.8 Å². The van der Waals surface area contributed by atoms with Gasteiger partial charge in [-0.1, -0.05) is 24.6 Å². The van der Waals surface area contributed by atoms with E-state index in [9.17, 15) is 4.79 Å². The van der Waals surface area contributed by atoms with Crippen LogP contribution in [0.3, 0.4) is 0 Å². The molecule has 2 aliphatic heterocycles. The molecule has 0 bridgehead atoms. The number of fused-ring (bicyclic) bond motifs is 2. The minimum atomic E-state index is 0.0753. The fraction of sp³-hybridized carbons (Fsp3) is 0.500. The molecule has 1 saturated carbocycles. The van der Waals surface area contributed by atoms with Gasteiger partial charge in [0, 0.05) is 37.8 Å². The molecule has 166 valence electrons. The molecule has 1 amide bonds. The standard InChI is InChI=1S/C26H30N4O2/c31-26(22-6-7-24-25(17-22)28-32-27-24)30-14-9-19(10-15-30)20-5-4-18-8-12-29(23-2-1-3-23)13-11-21(18)16-20/h4-7,16-17,19,23H,1-3,8-15H2. The summed E-state index contributed by atoms with van der Waals surface area (Å²) < 4.78 is 4.75. The predicted octanol–water partition coefficient (Wildman–Crippen LogP) is 4.20. The zero-order chi connectivity index (χ0) is 21.5. The van der Waals surface area contributed by atoms with Gasteiger partial charge >= 0.3 is 0 Å². The average molecular weight is 431 g/mol. The number of hydrogen-bond acceptors (Lipinski definition) is 5. The number of carbonyl (C=O) groups is 1. The highest BCUT2D eigenvalue weighted by molar-refractivity contribution is 5.97. The summed E-state index contributed by atoms with van der Waals surface area (Å²) in [5, 5.41) is 7.68. The van der Waals surface area contributed by atoms with Crippen LogP contribution in [0, 0.1) is 0 Å². The van der Waals surface area contributed by atoms with Gasteiger partial charge in [-0.15, -0.1) is 0 Å². The number of aromatic nitrogens is 2. The van der Waals surface area contributed by atoms with E-state index in [1.54, 1.807) is 23.3 Å². The van der Waals surface area contributed by atoms with Gasteiger partial charge < -0.3 is 4.90 Å². The molecule has 3 heterocycles. The van der Waals surface area contributed by atoms with Gasteiger partial charge in [0.25, 0.3) is 5.91 Å². The first-order valence-corrected chi connectivity index (χ1v) is 12.1. The number of benzene rings is 2. The summed E-state index contributed by atoms with van der Waals surface area (Å²) in [6.45, 7) is 4.02. The summed E-state index contributed by atoms with van der Waals surface area (Å²) in [5.41, 5.74) is 6.53. The van der Waals surface area contributed by atoms with Crippen LogP contribution in [0.25, 0.3) is 11.0 Å². The minimum absolute atomic E-state index is 0.0753. The number of nitrogens with zero attached hydrogens (tertiary/aromatic N) is 4. The molecular formula is C26H30N4O2. The highest BCUT2D eigenvalue weighted by Crippen LogP contribution is 2.32. The molecular weight excluding hydrogens is 400 g/mol. The Morgan fingerprint density at radius 3 is 2.41 bits per heavy atom. The lowest BCUT2D eigenvalue weighted by molar-refractivity contribution is 0.0713. The lowest BCUT2D eigenvalue weighted by atomic mass is 9.86. The minimum Gasteiger partial charge on any atom is -0.339 e. The molecule has 2 aromatic carbocycles. The van der Waals surface area contributed by atoms with Crippen LogP contribution in [0.5, 0.6) is 0 Å². The highest BCUT2D eigenvalue weighted by Gasteiger charge is 2.28. The quantitative estimate of drug-likeness (QED) is 0.623. The molecule has 0 N–H and O–H groups in total. The van der Waals surface area contributed by atoms with Gasteiger partial charge in [0.1, 0.15) is 11.0 Å². The first-order valence-electron chi connectivity index (χ1n) is 12.1. The number of likely N-dealkylation sites (tertiary alicyclic amines) is 1. The smallest absolute Gasteiger partial charge is 0.253 e. The van der Waals surface area contributed by atoms with Crippen molar-refractivity contribution in [1.29, 1.82) is 0 Å². The summed E-state index contributed by atoms with van der Waals surface area (Å²) in [4.78, 5) is 17.7. The number of piperidine rings is 1. The Morgan fingerprint density at radius 2 is 1.62 bits per heavy atom. The van der Waals surface area contributed by atoms with Crippen LogP contribution in [-0.4, -0.2) is 58.2 Å². The molecule has 1 aromatic heterocycles. The molecule has 0 spiro atoms. The van der Waals surface area contributed by atoms with Crippen molar-refractivity contribution in [3.63, 3.8) is 0 Å². The van der Waals surface area contributed by atoms with Crippen LogP contribution in [0.4, 0.5) is 0 Å². The van der Waals surface area contributed by atoms with E-state index in [-0.39, 0.29) is 5.91 Å². The maximum absolute atomic E-state index is 13.0. The maximum Gasteiger partial charge on any atom is 0.253 e. The fourth-order valence-electron chi connectivity index (χ4n) is 5.65. The maximum atomic E-state index is 13.0. The van der Waals surface area contributed by atoms with E-state index in [0.717, 1.165) is 32.0 Å². The third kappa shape index (κ3) is 3.71. The average Bonchev–Trinajstić information content (AvgIpc) is 3.18. The van der Waals surface area contributed by atoms with E-state index in [4.69, 9.17) is 4.63 Å². The highest BCUT2D eigenvalue weighted by atomic mass is 16.6. The molecule has 6 rings (SSSR count). The normalized spacial score (nSPS) is 20.7. The van der Waals surface area contributed by atoms with Crippen LogP contribution < -0.4 is 0 Å². The van der Waals surface area contributed by atoms with E-state index in [1.807, 2.05) is 11.0 Å². The van der Waals surface area contributed by atoms with Gasteiger partial charge in [-0.3, -0.25) is 9.69 Å². The van der Waals surface area contributed by atoms with Gasteiger partial charge in [-0.25, -0.2) is 4.63 Å². The molecule has 2 fully saturated rings. The second-order valence-electron chi connectivity index (χ2n) is 9.68. The topological polar surface area (TPSA) is 62.5 Å². The molecule has 3 aliphatic rings. The van der Waals surface area contributed by atoms with E-state index >= 15 is 0 Å². The second-order valence-corrected chi connectivity index (χ2v) is 9.68. The number of hydrogen-bond donors (Lipinski definition) is 0. The lowest BCUT2D eigenvalue weighted by Gasteiger charge is -2.36. The third-order valence-electron chi connectivity index (χ3n) is 7.91. The summed E-state index contributed by atoms with van der Waals surface area (Å²) in [7, 11) is 0. The van der Waals surface area contributed by atoms with Crippen LogP contribution >= 0.6 is 0 Å². The van der Waals surface area contributed by atoms with Crippen molar-refractivity contribution in [2.45, 2.75) is 56.9 Å². The zero-order valence-electron chi connectivity index (χ0n) is 18.5. The fourth-order valence-corrected chi connectivity index (χ4v) is 5.65. The summed E-state index contributed by atoms with van der Waals surface area (Å²) >= 11 is 0. The SMILES string of the molecule is O=C(c1ccc2nonc2c1)N1CCC(c2ccc3c(c2)CCN(C2CCC2)CC3)CC1. The van der Waals surface area contributed by atoms with Crippen LogP contribution in [0.15, 0.2) is 41.0 Å². The monoisotopic (exact) mass is 430 g/mol. The van der Waals surface area contributed by atoms with E-state index in [2.05, 4.69) is 33.4 Å². The Balaban J connectivity index is 1.10. The number of carbonyl (C=O) groups excluding carboxylic acids is 1. The Morgan fingerprint density at radius 1 is 0.844 bits per heavy atom. The van der Waals surface area contributed by atoms with E-state index in [0.29, 0.717) is 22.5 Å². The molecule has 3 aromatic rings. The van der Waals surface area contributed by atoms with Crippen molar-refractivity contribution in [1.82, 2.24) is 20.1 Å². The largest absolute Gasteiger partial charge is 0.339 e. The van der Waals surface area contributed by atoms with Crippen molar-refractivity contribution in [3.8, 4) is 0 Å². The van der Waals surface area contributed by atoms with Crippen LogP contribution in [0.1, 0.15) is 65.1 Å². The van der Waals surface area contributed by atoms with E-state index < -0.39 is 0 Å². The molecule has 1 saturated heterocycles. The Bertz CT molecular complexity index is 1130. The van der Waals surface area contributed by atoms with Crippen molar-refractivity contribution in [2.75, 3.05) is 26.2 Å². The summed E-state index contributed by atoms with van der Waals surface area (Å²) in [6.07, 6.45) is 8.59. The lowest BCUT2D eigenvalue weighted by Crippen LogP contribution is -2.41. The first-order chi connectivity index (χ1) is 15.7. The van der Waals surface area contributed by atoms with Gasteiger partial charge in [-0.2, -0.15) is 0 Å². The Hall–Kier alpha value is -2.73. The second kappa shape index (κ2) is 8.32. The van der Waals surface area contributed by atoms with Crippen LogP contribution in [-0.2, 0) is 12.8 Å².